The molecule has 1 aliphatic heterocycles. The Labute approximate surface area is 247 Å². The van der Waals surface area contributed by atoms with Crippen LogP contribution in [-0.4, -0.2) is 130 Å². The van der Waals surface area contributed by atoms with Crippen LogP contribution in [0.4, 0.5) is 5.69 Å². The molecule has 17 nitrogen and oxygen atoms in total. The summed E-state index contributed by atoms with van der Waals surface area (Å²) in [5, 5.41) is 74.5. The molecule has 7 unspecified atom stereocenters. The molecule has 1 aromatic carbocycles. The number of phenolic OH excluding ortho intramolecular Hbond substituents is 1. The Bertz CT molecular complexity index is 1000. The van der Waals surface area contributed by atoms with Crippen molar-refractivity contribution in [1.82, 2.24) is 10.6 Å². The van der Waals surface area contributed by atoms with Gasteiger partial charge in [0, 0.05) is 19.2 Å². The predicted octanol–water partition coefficient (Wildman–Crippen LogP) is -2.20. The van der Waals surface area contributed by atoms with Crippen molar-refractivity contribution in [1.29, 1.82) is 0 Å². The topological polar surface area (TPSA) is 260 Å². The highest BCUT2D eigenvalue weighted by Gasteiger charge is 2.46. The average molecular weight is 620 g/mol. The van der Waals surface area contributed by atoms with Crippen LogP contribution in [0.25, 0.3) is 0 Å². The Balaban J connectivity index is 1.66. The summed E-state index contributed by atoms with van der Waals surface area (Å²) in [6, 6.07) is 2.78. The Kier molecular flexibility index (Phi) is 16.3. The van der Waals surface area contributed by atoms with Gasteiger partial charge in [0.05, 0.1) is 43.3 Å². The van der Waals surface area contributed by atoms with E-state index >= 15 is 0 Å². The Morgan fingerprint density at radius 1 is 1.14 bits per heavy atom. The molecule has 7 atom stereocenters. The molecular weight excluding hydrogens is 578 g/mol. The molecule has 244 valence electrons. The molecule has 43 heavy (non-hydrogen) atoms. The smallest absolute Gasteiger partial charge is 0.310 e. The summed E-state index contributed by atoms with van der Waals surface area (Å²) < 4.78 is 22.0. The lowest BCUT2D eigenvalue weighted by atomic mass is 9.99. The van der Waals surface area contributed by atoms with Gasteiger partial charge in [-0.25, -0.2) is 0 Å². The van der Waals surface area contributed by atoms with E-state index in [9.17, 15) is 45.2 Å². The molecule has 0 radical (unpaired) electrons. The lowest BCUT2D eigenvalue weighted by Crippen LogP contribution is -2.60. The average Bonchev–Trinajstić information content (AvgIpc) is 2.99. The Morgan fingerprint density at radius 2 is 1.88 bits per heavy atom. The number of aliphatic hydroxyl groups excluding tert-OH is 5. The second kappa shape index (κ2) is 19.3. The number of phenols is 1. The number of aromatic hydroxyl groups is 1. The molecule has 1 aliphatic rings. The first kappa shape index (κ1) is 36.2. The fraction of sp³-hybridized carbons (Fsp3) is 0.692. The number of hydrogen-bond donors (Lipinski definition) is 8. The van der Waals surface area contributed by atoms with Crippen LogP contribution in [0.3, 0.4) is 0 Å². The van der Waals surface area contributed by atoms with E-state index in [1.807, 2.05) is 0 Å². The largest absolute Gasteiger partial charge is 0.502 e. The van der Waals surface area contributed by atoms with Gasteiger partial charge in [-0.3, -0.25) is 19.7 Å². The van der Waals surface area contributed by atoms with Crippen LogP contribution in [0.5, 0.6) is 5.75 Å². The molecule has 0 saturated carbocycles. The van der Waals surface area contributed by atoms with Crippen molar-refractivity contribution < 1.29 is 64.1 Å². The molecule has 1 fully saturated rings. The standard InChI is InChI=1S/C26H41N3O14/c30-11-20(34)17(28-14-32)13-41-26-25(24(37)23(36)21(12-31)43-26)42-15-40-8-4-2-1-3-7-27-22(35)10-16-5-6-19(33)18(9-16)29(38)39/h5-6,9,14,17,20-21,23-26,30-31,33-34,36-37H,1-4,7-8,10-13,15H2,(H,27,35)(H,28,32). The van der Waals surface area contributed by atoms with Gasteiger partial charge in [0.25, 0.3) is 0 Å². The summed E-state index contributed by atoms with van der Waals surface area (Å²) >= 11 is 0. The molecule has 2 rings (SSSR count). The predicted molar refractivity (Wildman–Crippen MR) is 145 cm³/mol. The lowest BCUT2D eigenvalue weighted by Gasteiger charge is -2.42. The van der Waals surface area contributed by atoms with Gasteiger partial charge in [0.1, 0.15) is 31.2 Å². The second-order valence-corrected chi connectivity index (χ2v) is 9.86. The maximum absolute atomic E-state index is 12.1. The Morgan fingerprint density at radius 3 is 2.56 bits per heavy atom. The van der Waals surface area contributed by atoms with Crippen LogP contribution in [0.1, 0.15) is 31.2 Å². The van der Waals surface area contributed by atoms with Crippen LogP contribution >= 0.6 is 0 Å². The lowest BCUT2D eigenvalue weighted by molar-refractivity contribution is -0.385. The molecule has 1 heterocycles. The van der Waals surface area contributed by atoms with Crippen LogP contribution in [0, 0.1) is 10.1 Å². The number of nitro groups is 1. The molecule has 1 saturated heterocycles. The van der Waals surface area contributed by atoms with E-state index in [-0.39, 0.29) is 25.7 Å². The highest BCUT2D eigenvalue weighted by molar-refractivity contribution is 5.78. The summed E-state index contributed by atoms with van der Waals surface area (Å²) in [4.78, 5) is 33.1. The number of amides is 2. The number of ether oxygens (including phenoxy) is 4. The van der Waals surface area contributed by atoms with Gasteiger partial charge in [-0.1, -0.05) is 18.9 Å². The number of rotatable bonds is 21. The number of hydrogen-bond acceptors (Lipinski definition) is 14. The van der Waals surface area contributed by atoms with E-state index in [4.69, 9.17) is 24.1 Å². The zero-order valence-electron chi connectivity index (χ0n) is 23.5. The van der Waals surface area contributed by atoms with Crippen LogP contribution < -0.4 is 10.6 Å². The maximum Gasteiger partial charge on any atom is 0.310 e. The fourth-order valence-electron chi connectivity index (χ4n) is 4.22. The van der Waals surface area contributed by atoms with Crippen LogP contribution in [0.15, 0.2) is 18.2 Å². The van der Waals surface area contributed by atoms with Gasteiger partial charge in [-0.15, -0.1) is 0 Å². The van der Waals surface area contributed by atoms with E-state index in [0.29, 0.717) is 38.0 Å². The minimum Gasteiger partial charge on any atom is -0.502 e. The minimum atomic E-state index is -1.51. The van der Waals surface area contributed by atoms with Gasteiger partial charge >= 0.3 is 5.69 Å². The first-order valence-corrected chi connectivity index (χ1v) is 13.8. The highest BCUT2D eigenvalue weighted by Crippen LogP contribution is 2.27. The summed E-state index contributed by atoms with van der Waals surface area (Å²) in [6.45, 7) is -1.19. The number of carbonyl (C=O) groups excluding carboxylic acids is 2. The summed E-state index contributed by atoms with van der Waals surface area (Å²) in [5.41, 5.74) is -0.0483. The number of nitro benzene ring substituents is 1. The SMILES string of the molecule is O=CNC(COC1OC(CO)C(O)C(O)C1OCOCCCCCCNC(=O)Cc1ccc(O)c([N+](=O)[O-])c1)C(O)CO. The van der Waals surface area contributed by atoms with Gasteiger partial charge in [0.15, 0.2) is 12.0 Å². The van der Waals surface area contributed by atoms with Crippen molar-refractivity contribution >= 4 is 18.0 Å². The van der Waals surface area contributed by atoms with Crippen molar-refractivity contribution in [2.24, 2.45) is 0 Å². The zero-order valence-corrected chi connectivity index (χ0v) is 23.5. The number of unbranched alkanes of at least 4 members (excludes halogenated alkanes) is 3. The maximum atomic E-state index is 12.1. The van der Waals surface area contributed by atoms with E-state index in [2.05, 4.69) is 10.6 Å². The number of carbonyl (C=O) groups is 2. The molecule has 0 aromatic heterocycles. The van der Waals surface area contributed by atoms with Gasteiger partial charge in [0.2, 0.25) is 12.3 Å². The molecule has 2 amide bonds. The van der Waals surface area contributed by atoms with Crippen molar-refractivity contribution in [2.75, 3.05) is 39.8 Å². The molecule has 0 spiro atoms. The monoisotopic (exact) mass is 619 g/mol. The first-order chi connectivity index (χ1) is 20.6. The van der Waals surface area contributed by atoms with Crippen molar-refractivity contribution in [3.05, 3.63) is 33.9 Å². The molecular formula is C26H41N3O14. The van der Waals surface area contributed by atoms with Gasteiger partial charge in [-0.05, 0) is 24.5 Å². The zero-order chi connectivity index (χ0) is 31.8. The minimum absolute atomic E-state index is 0.0555. The molecule has 0 aliphatic carbocycles. The van der Waals surface area contributed by atoms with Crippen molar-refractivity contribution in [3.8, 4) is 5.75 Å². The van der Waals surface area contributed by atoms with Crippen LogP contribution in [-0.2, 0) is 35.0 Å². The van der Waals surface area contributed by atoms with Crippen molar-refractivity contribution in [2.45, 2.75) is 75.0 Å². The second-order valence-electron chi connectivity index (χ2n) is 9.86. The fourth-order valence-corrected chi connectivity index (χ4v) is 4.22. The summed E-state index contributed by atoms with van der Waals surface area (Å²) in [6.07, 6.45) is -4.89. The van der Waals surface area contributed by atoms with Crippen LogP contribution in [0.2, 0.25) is 0 Å². The molecule has 1 aromatic rings. The van der Waals surface area contributed by atoms with E-state index in [1.165, 1.54) is 12.1 Å². The Hall–Kier alpha value is -3.00. The van der Waals surface area contributed by atoms with E-state index < -0.39 is 72.4 Å². The normalized spacial score (nSPS) is 23.3. The number of aliphatic hydroxyl groups is 5. The highest BCUT2D eigenvalue weighted by atomic mass is 16.7. The number of nitrogens with zero attached hydrogens (tertiary/aromatic N) is 1. The van der Waals surface area contributed by atoms with Gasteiger partial charge in [-0.2, -0.15) is 0 Å². The van der Waals surface area contributed by atoms with Gasteiger partial charge < -0.3 is 60.2 Å². The first-order valence-electron chi connectivity index (χ1n) is 13.8. The summed E-state index contributed by atoms with van der Waals surface area (Å²) in [5.74, 6) is -0.764. The third-order valence-electron chi connectivity index (χ3n) is 6.68. The number of nitrogens with one attached hydrogen (secondary N) is 2. The number of benzene rings is 1. The van der Waals surface area contributed by atoms with Crippen molar-refractivity contribution in [3.63, 3.8) is 0 Å². The quantitative estimate of drug-likeness (QED) is 0.0239. The third-order valence-corrected chi connectivity index (χ3v) is 6.68. The molecule has 8 N–H and O–H groups in total. The van der Waals surface area contributed by atoms with E-state index in [0.717, 1.165) is 18.9 Å². The molecule has 17 heteroatoms. The third kappa shape index (κ3) is 11.9. The van der Waals surface area contributed by atoms with E-state index in [1.54, 1.807) is 0 Å². The molecule has 0 bridgehead atoms. The summed E-state index contributed by atoms with van der Waals surface area (Å²) in [7, 11) is 0.